The lowest BCUT2D eigenvalue weighted by molar-refractivity contribution is 0.0692. The highest BCUT2D eigenvalue weighted by Gasteiger charge is 2.23. The number of hydrogen-bond acceptors (Lipinski definition) is 7. The molecule has 1 aromatic carbocycles. The number of sulfonamides is 1. The summed E-state index contributed by atoms with van der Waals surface area (Å²) in [4.78, 5) is 10.7. The molecule has 0 bridgehead atoms. The molecule has 8 nitrogen and oxygen atoms in total. The second kappa shape index (κ2) is 5.06. The van der Waals surface area contributed by atoms with Gasteiger partial charge in [0.1, 0.15) is 9.90 Å². The van der Waals surface area contributed by atoms with E-state index in [2.05, 4.69) is 14.9 Å². The number of nitrogen functional groups attached to an aromatic ring is 1. The molecule has 4 N–H and O–H groups in total. The maximum Gasteiger partial charge on any atom is 0.337 e. The molecule has 2 rings (SSSR count). The van der Waals surface area contributed by atoms with Gasteiger partial charge in [-0.3, -0.25) is 4.72 Å². The molecule has 1 aromatic heterocycles. The summed E-state index contributed by atoms with van der Waals surface area (Å²) >= 11 is 1.04. The molecule has 2 aromatic rings. The van der Waals surface area contributed by atoms with Crippen LogP contribution in [0.15, 0.2) is 23.1 Å². The van der Waals surface area contributed by atoms with Crippen LogP contribution in [0.4, 0.5) is 10.8 Å². The van der Waals surface area contributed by atoms with Gasteiger partial charge in [0.25, 0.3) is 10.0 Å². The zero-order chi connectivity index (χ0) is 14.9. The number of aromatic nitrogens is 2. The van der Waals surface area contributed by atoms with Crippen LogP contribution in [-0.4, -0.2) is 29.7 Å². The van der Waals surface area contributed by atoms with E-state index < -0.39 is 21.6 Å². The second-order valence-electron chi connectivity index (χ2n) is 3.79. The molecule has 0 fully saturated rings. The molecule has 10 heteroatoms. The average molecular weight is 314 g/mol. The quantitative estimate of drug-likeness (QED) is 0.714. The molecular weight excluding hydrogens is 304 g/mol. The number of nitrogens with zero attached hydrogens (tertiary/aromatic N) is 2. The van der Waals surface area contributed by atoms with Crippen LogP contribution in [0.2, 0.25) is 0 Å². The Kier molecular flexibility index (Phi) is 3.59. The first-order valence-electron chi connectivity index (χ1n) is 5.25. The van der Waals surface area contributed by atoms with E-state index in [1.165, 1.54) is 6.07 Å². The molecule has 0 radical (unpaired) electrons. The van der Waals surface area contributed by atoms with Crippen LogP contribution in [0.1, 0.15) is 15.4 Å². The van der Waals surface area contributed by atoms with Crippen molar-refractivity contribution in [1.29, 1.82) is 0 Å². The largest absolute Gasteiger partial charge is 0.478 e. The van der Waals surface area contributed by atoms with E-state index in [0.29, 0.717) is 5.01 Å². The number of hydrogen-bond donors (Lipinski definition) is 3. The van der Waals surface area contributed by atoms with E-state index in [1.807, 2.05) is 0 Å². The smallest absolute Gasteiger partial charge is 0.337 e. The van der Waals surface area contributed by atoms with Crippen molar-refractivity contribution in [1.82, 2.24) is 10.2 Å². The lowest BCUT2D eigenvalue weighted by Gasteiger charge is -2.08. The van der Waals surface area contributed by atoms with Gasteiger partial charge in [-0.1, -0.05) is 11.3 Å². The minimum Gasteiger partial charge on any atom is -0.478 e. The molecule has 0 saturated carbocycles. The molecule has 0 spiro atoms. The van der Waals surface area contributed by atoms with E-state index >= 15 is 0 Å². The Hall–Kier alpha value is -2.20. The van der Waals surface area contributed by atoms with Crippen molar-refractivity contribution in [2.45, 2.75) is 11.8 Å². The lowest BCUT2D eigenvalue weighted by atomic mass is 10.2. The first-order chi connectivity index (χ1) is 9.29. The van der Waals surface area contributed by atoms with Crippen LogP contribution in [0.3, 0.4) is 0 Å². The molecule has 0 saturated heterocycles. The summed E-state index contributed by atoms with van der Waals surface area (Å²) in [6, 6.07) is 3.53. The van der Waals surface area contributed by atoms with Crippen molar-refractivity contribution >= 4 is 38.1 Å². The first kappa shape index (κ1) is 14.2. The van der Waals surface area contributed by atoms with Gasteiger partial charge < -0.3 is 10.8 Å². The van der Waals surface area contributed by atoms with Crippen molar-refractivity contribution in [3.63, 3.8) is 0 Å². The summed E-state index contributed by atoms with van der Waals surface area (Å²) < 4.78 is 26.5. The minimum atomic E-state index is -4.07. The molecule has 0 unspecified atom stereocenters. The third-order valence-electron chi connectivity index (χ3n) is 2.27. The first-order valence-corrected chi connectivity index (χ1v) is 7.55. The number of benzene rings is 1. The third kappa shape index (κ3) is 2.86. The van der Waals surface area contributed by atoms with Gasteiger partial charge in [-0.05, 0) is 25.1 Å². The second-order valence-corrected chi connectivity index (χ2v) is 6.62. The van der Waals surface area contributed by atoms with Crippen LogP contribution in [-0.2, 0) is 10.0 Å². The number of aryl methyl sites for hydroxylation is 1. The monoisotopic (exact) mass is 314 g/mol. The van der Waals surface area contributed by atoms with Crippen molar-refractivity contribution in [3.05, 3.63) is 28.8 Å². The Labute approximate surface area is 118 Å². The molecule has 0 aliphatic rings. The van der Waals surface area contributed by atoms with Crippen molar-refractivity contribution in [2.75, 3.05) is 10.5 Å². The fourth-order valence-electron chi connectivity index (χ4n) is 1.46. The number of rotatable bonds is 4. The van der Waals surface area contributed by atoms with Crippen LogP contribution >= 0.6 is 11.3 Å². The predicted molar refractivity (Wildman–Crippen MR) is 73.3 cm³/mol. The van der Waals surface area contributed by atoms with Gasteiger partial charge in [0.15, 0.2) is 0 Å². The van der Waals surface area contributed by atoms with Crippen LogP contribution in [0, 0.1) is 6.92 Å². The predicted octanol–water partition coefficient (Wildman–Crippen LogP) is 0.928. The fourth-order valence-corrected chi connectivity index (χ4v) is 3.46. The van der Waals surface area contributed by atoms with E-state index in [4.69, 9.17) is 10.8 Å². The third-order valence-corrected chi connectivity index (χ3v) is 4.55. The van der Waals surface area contributed by atoms with Gasteiger partial charge in [0.05, 0.1) is 5.56 Å². The Morgan fingerprint density at radius 1 is 1.40 bits per heavy atom. The highest BCUT2D eigenvalue weighted by molar-refractivity contribution is 7.93. The maximum atomic E-state index is 12.2. The van der Waals surface area contributed by atoms with E-state index in [9.17, 15) is 13.2 Å². The van der Waals surface area contributed by atoms with Crippen molar-refractivity contribution < 1.29 is 18.3 Å². The summed E-state index contributed by atoms with van der Waals surface area (Å²) in [6.45, 7) is 1.67. The molecule has 20 heavy (non-hydrogen) atoms. The van der Waals surface area contributed by atoms with Gasteiger partial charge >= 0.3 is 5.97 Å². The number of anilines is 2. The van der Waals surface area contributed by atoms with Gasteiger partial charge in [-0.25, -0.2) is 13.2 Å². The van der Waals surface area contributed by atoms with E-state index in [1.54, 1.807) is 6.92 Å². The summed E-state index contributed by atoms with van der Waals surface area (Å²) in [6.07, 6.45) is 0. The topological polar surface area (TPSA) is 135 Å². The van der Waals surface area contributed by atoms with Crippen molar-refractivity contribution in [2.24, 2.45) is 0 Å². The van der Waals surface area contributed by atoms with E-state index in [0.717, 1.165) is 23.5 Å². The zero-order valence-electron chi connectivity index (χ0n) is 10.2. The fraction of sp³-hybridized carbons (Fsp3) is 0.100. The summed E-state index contributed by atoms with van der Waals surface area (Å²) in [5, 5.41) is 17.0. The number of carboxylic acid groups (broad SMARTS) is 1. The Balaban J connectivity index is 2.46. The number of nitrogens with two attached hydrogens (primary N) is 1. The molecule has 0 atom stereocenters. The molecule has 1 heterocycles. The Morgan fingerprint density at radius 3 is 2.65 bits per heavy atom. The zero-order valence-corrected chi connectivity index (χ0v) is 11.8. The number of nitrogens with one attached hydrogen (secondary N) is 1. The van der Waals surface area contributed by atoms with Crippen LogP contribution < -0.4 is 10.5 Å². The normalized spacial score (nSPS) is 11.2. The average Bonchev–Trinajstić information content (AvgIpc) is 2.73. The Bertz CT molecular complexity index is 769. The SMILES string of the molecule is Cc1nnc(NS(=O)(=O)c2ccc(N)cc2C(=O)O)s1. The minimum absolute atomic E-state index is 0.0654. The standard InChI is InChI=1S/C10H10N4O4S2/c1-5-12-13-10(19-5)14-20(17,18)8-3-2-6(11)4-7(8)9(15)16/h2-4H,11H2,1H3,(H,13,14)(H,15,16). The molecule has 0 amide bonds. The Morgan fingerprint density at radius 2 is 2.10 bits per heavy atom. The highest BCUT2D eigenvalue weighted by Crippen LogP contribution is 2.23. The maximum absolute atomic E-state index is 12.2. The highest BCUT2D eigenvalue weighted by atomic mass is 32.2. The number of aromatic carboxylic acids is 1. The summed E-state index contributed by atoms with van der Waals surface area (Å²) in [7, 11) is -4.07. The van der Waals surface area contributed by atoms with E-state index in [-0.39, 0.29) is 15.7 Å². The van der Waals surface area contributed by atoms with Crippen molar-refractivity contribution in [3.8, 4) is 0 Å². The summed E-state index contributed by atoms with van der Waals surface area (Å²) in [5.41, 5.74) is 5.22. The van der Waals surface area contributed by atoms with Crippen LogP contribution in [0.25, 0.3) is 0 Å². The summed E-state index contributed by atoms with van der Waals surface area (Å²) in [5.74, 6) is -1.38. The molecular formula is C10H10N4O4S2. The number of carbonyl (C=O) groups is 1. The van der Waals surface area contributed by atoms with Gasteiger partial charge in [0, 0.05) is 5.69 Å². The molecule has 106 valence electrons. The van der Waals surface area contributed by atoms with Gasteiger partial charge in [0.2, 0.25) is 5.13 Å². The molecule has 0 aliphatic heterocycles. The molecule has 0 aliphatic carbocycles. The van der Waals surface area contributed by atoms with Gasteiger partial charge in [-0.15, -0.1) is 10.2 Å². The number of carboxylic acids is 1. The lowest BCUT2D eigenvalue weighted by Crippen LogP contribution is -2.17. The van der Waals surface area contributed by atoms with Gasteiger partial charge in [-0.2, -0.15) is 0 Å². The van der Waals surface area contributed by atoms with Crippen LogP contribution in [0.5, 0.6) is 0 Å².